The summed E-state index contributed by atoms with van der Waals surface area (Å²) in [6.07, 6.45) is 7.21. The molecule has 0 heterocycles. The fraction of sp³-hybridized carbons (Fsp3) is 1.00. The molecule has 2 rings (SSSR count). The summed E-state index contributed by atoms with van der Waals surface area (Å²) >= 11 is 4.53. The van der Waals surface area contributed by atoms with Crippen LogP contribution in [0.3, 0.4) is 0 Å². The lowest BCUT2D eigenvalue weighted by molar-refractivity contribution is 0.0906. The molecule has 1 nitrogen and oxygen atoms in total. The molecule has 0 unspecified atom stereocenters. The van der Waals surface area contributed by atoms with Crippen molar-refractivity contribution in [1.82, 2.24) is 4.90 Å². The van der Waals surface area contributed by atoms with Crippen LogP contribution in [0, 0.1) is 11.3 Å². The molecule has 0 aliphatic heterocycles. The van der Waals surface area contributed by atoms with Crippen molar-refractivity contribution in [2.24, 2.45) is 11.3 Å². The number of hydrogen-bond acceptors (Lipinski definition) is 2. The summed E-state index contributed by atoms with van der Waals surface area (Å²) in [5.41, 5.74) is 0.591. The monoisotopic (exact) mass is 213 g/mol. The second-order valence-corrected chi connectivity index (χ2v) is 5.60. The van der Waals surface area contributed by atoms with E-state index >= 15 is 0 Å². The van der Waals surface area contributed by atoms with Gasteiger partial charge in [-0.1, -0.05) is 13.3 Å². The SMILES string of the molecule is CCN(CC1CC1)CC1(CS)CCC1. The van der Waals surface area contributed by atoms with E-state index in [0.29, 0.717) is 5.41 Å². The predicted molar refractivity (Wildman–Crippen MR) is 65.0 cm³/mol. The van der Waals surface area contributed by atoms with Crippen molar-refractivity contribution in [3.63, 3.8) is 0 Å². The highest BCUT2D eigenvalue weighted by atomic mass is 32.1. The van der Waals surface area contributed by atoms with Gasteiger partial charge in [0.25, 0.3) is 0 Å². The van der Waals surface area contributed by atoms with Crippen LogP contribution in [-0.4, -0.2) is 30.3 Å². The summed E-state index contributed by atoms with van der Waals surface area (Å²) < 4.78 is 0. The van der Waals surface area contributed by atoms with Gasteiger partial charge in [0, 0.05) is 13.1 Å². The van der Waals surface area contributed by atoms with Gasteiger partial charge in [-0.25, -0.2) is 0 Å². The Bertz CT molecular complexity index is 179. The van der Waals surface area contributed by atoms with Gasteiger partial charge in [-0.2, -0.15) is 12.6 Å². The van der Waals surface area contributed by atoms with E-state index in [1.54, 1.807) is 0 Å². The minimum Gasteiger partial charge on any atom is -0.303 e. The minimum absolute atomic E-state index is 0.591. The molecule has 0 aromatic carbocycles. The van der Waals surface area contributed by atoms with Crippen LogP contribution in [-0.2, 0) is 0 Å². The molecule has 0 aromatic heterocycles. The standard InChI is InChI=1S/C12H23NS/c1-2-13(8-11-4-5-11)9-12(10-14)6-3-7-12/h11,14H,2-10H2,1H3. The second-order valence-electron chi connectivity index (χ2n) is 5.28. The second kappa shape index (κ2) is 4.44. The van der Waals surface area contributed by atoms with Gasteiger partial charge in [0.05, 0.1) is 0 Å². The van der Waals surface area contributed by atoms with Crippen LogP contribution in [0.5, 0.6) is 0 Å². The molecular weight excluding hydrogens is 190 g/mol. The van der Waals surface area contributed by atoms with Crippen molar-refractivity contribution in [3.8, 4) is 0 Å². The molecule has 0 radical (unpaired) electrons. The van der Waals surface area contributed by atoms with E-state index in [1.165, 1.54) is 51.7 Å². The normalized spacial score (nSPS) is 25.1. The molecule has 2 heteroatoms. The lowest BCUT2D eigenvalue weighted by Crippen LogP contribution is -2.44. The smallest absolute Gasteiger partial charge is 0.00458 e. The summed E-state index contributed by atoms with van der Waals surface area (Å²) in [7, 11) is 0. The van der Waals surface area contributed by atoms with Crippen molar-refractivity contribution in [3.05, 3.63) is 0 Å². The summed E-state index contributed by atoms with van der Waals surface area (Å²) in [5.74, 6) is 2.13. The van der Waals surface area contributed by atoms with Gasteiger partial charge in [0.2, 0.25) is 0 Å². The molecule has 14 heavy (non-hydrogen) atoms. The Kier molecular flexibility index (Phi) is 3.43. The van der Waals surface area contributed by atoms with E-state index in [4.69, 9.17) is 0 Å². The Labute approximate surface area is 93.7 Å². The Morgan fingerprint density at radius 3 is 2.43 bits per heavy atom. The van der Waals surface area contributed by atoms with Crippen LogP contribution >= 0.6 is 12.6 Å². The fourth-order valence-corrected chi connectivity index (χ4v) is 2.90. The maximum absolute atomic E-state index is 4.53. The van der Waals surface area contributed by atoms with Crippen molar-refractivity contribution < 1.29 is 0 Å². The highest BCUT2D eigenvalue weighted by Crippen LogP contribution is 2.43. The van der Waals surface area contributed by atoms with Crippen molar-refractivity contribution in [2.45, 2.75) is 39.0 Å². The summed E-state index contributed by atoms with van der Waals surface area (Å²) in [5, 5.41) is 0. The van der Waals surface area contributed by atoms with Crippen LogP contribution in [0.15, 0.2) is 0 Å². The van der Waals surface area contributed by atoms with Gasteiger partial charge in [-0.15, -0.1) is 0 Å². The number of thiol groups is 1. The molecule has 2 aliphatic rings. The largest absolute Gasteiger partial charge is 0.303 e. The molecule has 2 saturated carbocycles. The van der Waals surface area contributed by atoms with Gasteiger partial charge in [-0.05, 0) is 49.3 Å². The number of hydrogen-bond donors (Lipinski definition) is 1. The summed E-state index contributed by atoms with van der Waals surface area (Å²) in [4.78, 5) is 2.66. The Hall–Kier alpha value is 0.310. The van der Waals surface area contributed by atoms with Gasteiger partial charge in [0.15, 0.2) is 0 Å². The van der Waals surface area contributed by atoms with Gasteiger partial charge < -0.3 is 4.90 Å². The predicted octanol–water partition coefficient (Wildman–Crippen LogP) is 2.82. The van der Waals surface area contributed by atoms with E-state index in [9.17, 15) is 0 Å². The third kappa shape index (κ3) is 2.46. The maximum Gasteiger partial charge on any atom is 0.00458 e. The van der Waals surface area contributed by atoms with Crippen LogP contribution in [0.1, 0.15) is 39.0 Å². The molecule has 0 bridgehead atoms. The molecule has 2 aliphatic carbocycles. The first-order chi connectivity index (χ1) is 6.78. The van der Waals surface area contributed by atoms with Crippen LogP contribution in [0.25, 0.3) is 0 Å². The zero-order chi connectivity index (χ0) is 10.0. The molecule has 0 aromatic rings. The molecule has 82 valence electrons. The van der Waals surface area contributed by atoms with Gasteiger partial charge in [-0.3, -0.25) is 0 Å². The van der Waals surface area contributed by atoms with E-state index in [1.807, 2.05) is 0 Å². The first kappa shape index (κ1) is 10.8. The van der Waals surface area contributed by atoms with Crippen LogP contribution in [0.4, 0.5) is 0 Å². The molecule has 0 spiro atoms. The van der Waals surface area contributed by atoms with E-state index in [2.05, 4.69) is 24.5 Å². The highest BCUT2D eigenvalue weighted by molar-refractivity contribution is 7.80. The lowest BCUT2D eigenvalue weighted by atomic mass is 9.70. The summed E-state index contributed by atoms with van der Waals surface area (Å²) in [6.45, 7) is 6.19. The molecular formula is C12H23NS. The van der Waals surface area contributed by atoms with E-state index in [-0.39, 0.29) is 0 Å². The minimum atomic E-state index is 0.591. The zero-order valence-corrected chi connectivity index (χ0v) is 10.2. The number of rotatable bonds is 6. The van der Waals surface area contributed by atoms with Crippen molar-refractivity contribution in [2.75, 3.05) is 25.4 Å². The molecule has 0 atom stereocenters. The molecule has 0 amide bonds. The average Bonchev–Trinajstić information content (AvgIpc) is 2.93. The van der Waals surface area contributed by atoms with E-state index in [0.717, 1.165) is 11.7 Å². The third-order valence-electron chi connectivity index (χ3n) is 3.97. The molecule has 0 N–H and O–H groups in total. The van der Waals surface area contributed by atoms with Crippen LogP contribution in [0.2, 0.25) is 0 Å². The highest BCUT2D eigenvalue weighted by Gasteiger charge is 2.37. The quantitative estimate of drug-likeness (QED) is 0.664. The number of nitrogens with zero attached hydrogens (tertiary/aromatic N) is 1. The third-order valence-corrected chi connectivity index (χ3v) is 4.64. The van der Waals surface area contributed by atoms with Crippen LogP contribution < -0.4 is 0 Å². The fourth-order valence-electron chi connectivity index (χ4n) is 2.49. The maximum atomic E-state index is 4.53. The average molecular weight is 213 g/mol. The van der Waals surface area contributed by atoms with Gasteiger partial charge in [0.1, 0.15) is 0 Å². The first-order valence-corrected chi connectivity index (χ1v) is 6.74. The topological polar surface area (TPSA) is 3.24 Å². The Balaban J connectivity index is 1.79. The molecule has 2 fully saturated rings. The lowest BCUT2D eigenvalue weighted by Gasteiger charge is -2.44. The Morgan fingerprint density at radius 1 is 1.36 bits per heavy atom. The molecule has 0 saturated heterocycles. The van der Waals surface area contributed by atoms with Crippen molar-refractivity contribution >= 4 is 12.6 Å². The first-order valence-electron chi connectivity index (χ1n) is 6.11. The summed E-state index contributed by atoms with van der Waals surface area (Å²) in [6, 6.07) is 0. The van der Waals surface area contributed by atoms with Crippen molar-refractivity contribution in [1.29, 1.82) is 0 Å². The van der Waals surface area contributed by atoms with Gasteiger partial charge >= 0.3 is 0 Å². The zero-order valence-electron chi connectivity index (χ0n) is 9.34. The Morgan fingerprint density at radius 2 is 2.07 bits per heavy atom. The van der Waals surface area contributed by atoms with E-state index < -0.39 is 0 Å².